The molecular formula is C6H18N2. The molecule has 0 aromatic heterocycles. The van der Waals surface area contributed by atoms with Gasteiger partial charge in [-0.1, -0.05) is 27.2 Å². The second-order valence-electron chi connectivity index (χ2n) is 1.66. The van der Waals surface area contributed by atoms with Crippen LogP contribution in [0.3, 0.4) is 0 Å². The third-order valence-corrected chi connectivity index (χ3v) is 0.925. The van der Waals surface area contributed by atoms with Crippen molar-refractivity contribution in [2.45, 2.75) is 33.6 Å². The van der Waals surface area contributed by atoms with Crippen LogP contribution in [0.15, 0.2) is 0 Å². The van der Waals surface area contributed by atoms with Crippen molar-refractivity contribution in [2.24, 2.45) is 5.84 Å². The lowest BCUT2D eigenvalue weighted by molar-refractivity contribution is 0.637. The number of hydrogen-bond acceptors (Lipinski definition) is 2. The molecule has 0 saturated heterocycles. The van der Waals surface area contributed by atoms with E-state index in [0.717, 1.165) is 6.54 Å². The van der Waals surface area contributed by atoms with E-state index in [-0.39, 0.29) is 7.43 Å². The lowest BCUT2D eigenvalue weighted by Gasteiger charge is -1.93. The van der Waals surface area contributed by atoms with E-state index in [2.05, 4.69) is 12.3 Å². The molecule has 0 bridgehead atoms. The van der Waals surface area contributed by atoms with E-state index in [4.69, 9.17) is 5.84 Å². The number of nitrogens with one attached hydrogen (secondary N) is 1. The molecule has 2 nitrogen and oxygen atoms in total. The number of hydrazine groups is 1. The van der Waals surface area contributed by atoms with Crippen molar-refractivity contribution in [3.05, 3.63) is 0 Å². The van der Waals surface area contributed by atoms with Crippen molar-refractivity contribution in [1.82, 2.24) is 5.43 Å². The molecule has 0 aliphatic rings. The number of hydrogen-bond donors (Lipinski definition) is 2. The Morgan fingerprint density at radius 2 is 2.00 bits per heavy atom. The van der Waals surface area contributed by atoms with Gasteiger partial charge in [-0.3, -0.25) is 11.3 Å². The molecule has 0 fully saturated rings. The van der Waals surface area contributed by atoms with E-state index in [1.807, 2.05) is 0 Å². The van der Waals surface area contributed by atoms with Gasteiger partial charge in [0, 0.05) is 6.54 Å². The maximum atomic E-state index is 5.02. The van der Waals surface area contributed by atoms with Crippen molar-refractivity contribution < 1.29 is 0 Å². The van der Waals surface area contributed by atoms with Gasteiger partial charge in [-0.15, -0.1) is 0 Å². The molecular weight excluding hydrogens is 100 g/mol. The van der Waals surface area contributed by atoms with Gasteiger partial charge in [0.1, 0.15) is 0 Å². The van der Waals surface area contributed by atoms with Crippen LogP contribution in [-0.4, -0.2) is 6.54 Å². The average Bonchev–Trinajstić information content (AvgIpc) is 1.69. The average molecular weight is 118 g/mol. The van der Waals surface area contributed by atoms with Crippen LogP contribution in [-0.2, 0) is 0 Å². The smallest absolute Gasteiger partial charge is 0.00974 e. The fourth-order valence-corrected chi connectivity index (χ4v) is 0.477. The normalized spacial score (nSPS) is 8.25. The first kappa shape index (κ1) is 10.8. The zero-order valence-electron chi connectivity index (χ0n) is 4.91. The molecule has 8 heavy (non-hydrogen) atoms. The Labute approximate surface area is 52.4 Å². The van der Waals surface area contributed by atoms with Gasteiger partial charge in [0.25, 0.3) is 0 Å². The lowest BCUT2D eigenvalue weighted by atomic mass is 10.3. The summed E-state index contributed by atoms with van der Waals surface area (Å²) in [6, 6.07) is 0. The Balaban J connectivity index is 0. The predicted octanol–water partition coefficient (Wildman–Crippen LogP) is 1.28. The van der Waals surface area contributed by atoms with Crippen LogP contribution >= 0.6 is 0 Å². The van der Waals surface area contributed by atoms with Crippen molar-refractivity contribution in [1.29, 1.82) is 0 Å². The van der Waals surface area contributed by atoms with Gasteiger partial charge in [-0.2, -0.15) is 0 Å². The Hall–Kier alpha value is -0.0800. The molecule has 0 unspecified atom stereocenters. The Bertz CT molecular complexity index is 25.7. The van der Waals surface area contributed by atoms with Crippen LogP contribution in [0.25, 0.3) is 0 Å². The van der Waals surface area contributed by atoms with Gasteiger partial charge in [0.05, 0.1) is 0 Å². The summed E-state index contributed by atoms with van der Waals surface area (Å²) in [5.74, 6) is 5.02. The summed E-state index contributed by atoms with van der Waals surface area (Å²) in [6.07, 6.45) is 3.75. The molecule has 0 radical (unpaired) electrons. The van der Waals surface area contributed by atoms with Crippen LogP contribution in [0, 0.1) is 0 Å². The second kappa shape index (κ2) is 10.0. The third kappa shape index (κ3) is 9.33. The Kier molecular flexibility index (Phi) is 13.6. The monoisotopic (exact) mass is 118 g/mol. The number of rotatable bonds is 4. The summed E-state index contributed by atoms with van der Waals surface area (Å²) in [5, 5.41) is 0. The highest BCUT2D eigenvalue weighted by Crippen LogP contribution is 1.89. The summed E-state index contributed by atoms with van der Waals surface area (Å²) in [6.45, 7) is 3.13. The zero-order valence-corrected chi connectivity index (χ0v) is 4.91. The minimum atomic E-state index is 0. The summed E-state index contributed by atoms with van der Waals surface area (Å²) >= 11 is 0. The first-order chi connectivity index (χ1) is 3.41. The summed E-state index contributed by atoms with van der Waals surface area (Å²) < 4.78 is 0. The minimum Gasteiger partial charge on any atom is -0.271 e. The van der Waals surface area contributed by atoms with Gasteiger partial charge in [-0.05, 0) is 6.42 Å². The van der Waals surface area contributed by atoms with Crippen LogP contribution in [0.2, 0.25) is 0 Å². The maximum Gasteiger partial charge on any atom is 0.00974 e. The molecule has 0 aliphatic carbocycles. The molecule has 0 rings (SSSR count). The highest BCUT2D eigenvalue weighted by Gasteiger charge is 1.79. The summed E-state index contributed by atoms with van der Waals surface area (Å²) in [7, 11) is 0. The van der Waals surface area contributed by atoms with Crippen molar-refractivity contribution in [3.63, 3.8) is 0 Å². The molecule has 52 valence electrons. The second-order valence-corrected chi connectivity index (χ2v) is 1.66. The van der Waals surface area contributed by atoms with Crippen molar-refractivity contribution in [3.8, 4) is 0 Å². The van der Waals surface area contributed by atoms with Gasteiger partial charge in [0.2, 0.25) is 0 Å². The van der Waals surface area contributed by atoms with E-state index in [9.17, 15) is 0 Å². The molecule has 0 heterocycles. The Morgan fingerprint density at radius 3 is 2.38 bits per heavy atom. The van der Waals surface area contributed by atoms with Crippen LogP contribution < -0.4 is 11.3 Å². The molecule has 0 aliphatic heterocycles. The Morgan fingerprint density at radius 1 is 1.38 bits per heavy atom. The summed E-state index contributed by atoms with van der Waals surface area (Å²) in [5.41, 5.74) is 2.60. The topological polar surface area (TPSA) is 38.0 Å². The molecule has 0 spiro atoms. The first-order valence-electron chi connectivity index (χ1n) is 2.85. The van der Waals surface area contributed by atoms with E-state index < -0.39 is 0 Å². The predicted molar refractivity (Wildman–Crippen MR) is 38.4 cm³/mol. The third-order valence-electron chi connectivity index (χ3n) is 0.925. The largest absolute Gasteiger partial charge is 0.271 e. The van der Waals surface area contributed by atoms with E-state index in [1.165, 1.54) is 19.3 Å². The molecule has 3 N–H and O–H groups in total. The molecule has 0 atom stereocenters. The van der Waals surface area contributed by atoms with E-state index in [1.54, 1.807) is 0 Å². The molecule has 0 aromatic carbocycles. The van der Waals surface area contributed by atoms with Gasteiger partial charge < -0.3 is 0 Å². The fourth-order valence-electron chi connectivity index (χ4n) is 0.477. The van der Waals surface area contributed by atoms with Crippen LogP contribution in [0.1, 0.15) is 33.6 Å². The van der Waals surface area contributed by atoms with Crippen LogP contribution in [0.4, 0.5) is 0 Å². The number of unbranched alkanes of at least 4 members (excludes halogenated alkanes) is 2. The highest BCUT2D eigenvalue weighted by molar-refractivity contribution is 4.37. The summed E-state index contributed by atoms with van der Waals surface area (Å²) in [4.78, 5) is 0. The van der Waals surface area contributed by atoms with Gasteiger partial charge in [-0.25, -0.2) is 0 Å². The fraction of sp³-hybridized carbons (Fsp3) is 1.00. The zero-order chi connectivity index (χ0) is 5.54. The van der Waals surface area contributed by atoms with Crippen molar-refractivity contribution >= 4 is 0 Å². The maximum absolute atomic E-state index is 5.02. The van der Waals surface area contributed by atoms with Crippen molar-refractivity contribution in [2.75, 3.05) is 6.54 Å². The molecule has 0 aromatic rings. The SMILES string of the molecule is C.CCCCCNN. The minimum absolute atomic E-state index is 0. The highest BCUT2D eigenvalue weighted by atomic mass is 15.2. The van der Waals surface area contributed by atoms with Gasteiger partial charge in [0.15, 0.2) is 0 Å². The van der Waals surface area contributed by atoms with Gasteiger partial charge >= 0.3 is 0 Å². The molecule has 2 heteroatoms. The number of nitrogens with two attached hydrogens (primary N) is 1. The lowest BCUT2D eigenvalue weighted by Crippen LogP contribution is -2.22. The first-order valence-corrected chi connectivity index (χ1v) is 2.85. The molecule has 0 saturated carbocycles. The quantitative estimate of drug-likeness (QED) is 0.331. The molecule has 0 amide bonds. The van der Waals surface area contributed by atoms with Crippen LogP contribution in [0.5, 0.6) is 0 Å². The standard InChI is InChI=1S/C5H14N2.CH4/c1-2-3-4-5-7-6;/h7H,2-6H2,1H3;1H4. The van der Waals surface area contributed by atoms with E-state index >= 15 is 0 Å². The van der Waals surface area contributed by atoms with E-state index in [0.29, 0.717) is 0 Å².